The molecule has 0 aliphatic rings. The van der Waals surface area contributed by atoms with Crippen LogP contribution in [0.3, 0.4) is 0 Å². The van der Waals surface area contributed by atoms with Crippen LogP contribution in [0.4, 0.5) is 11.4 Å². The largest absolute Gasteiger partial charge is 0.335 e. The van der Waals surface area contributed by atoms with Crippen molar-refractivity contribution < 1.29 is 0 Å². The lowest BCUT2D eigenvalue weighted by Crippen LogP contribution is -2.18. The van der Waals surface area contributed by atoms with Crippen LogP contribution in [0.5, 0.6) is 0 Å². The van der Waals surface area contributed by atoms with E-state index in [0.29, 0.717) is 0 Å². The van der Waals surface area contributed by atoms with Gasteiger partial charge >= 0.3 is 0 Å². The second-order valence-electron chi connectivity index (χ2n) is 4.73. The van der Waals surface area contributed by atoms with E-state index < -0.39 is 0 Å². The molecule has 0 aromatic carbocycles. The lowest BCUT2D eigenvalue weighted by atomic mass is 10.2. The van der Waals surface area contributed by atoms with Crippen LogP contribution < -0.4 is 4.90 Å². The van der Waals surface area contributed by atoms with Crippen molar-refractivity contribution >= 4 is 17.0 Å². The third-order valence-electron chi connectivity index (χ3n) is 3.33. The fraction of sp³-hybridized carbons (Fsp3) is 0.357. The minimum Gasteiger partial charge on any atom is -0.335 e. The van der Waals surface area contributed by atoms with Gasteiger partial charge in [0.25, 0.3) is 0 Å². The number of aromatic nitrogens is 5. The van der Waals surface area contributed by atoms with Gasteiger partial charge in [-0.3, -0.25) is 5.10 Å². The monoisotopic (exact) mass is 270 g/mol. The number of hydrogen-bond donors (Lipinski definition) is 1. The molecule has 104 valence electrons. The van der Waals surface area contributed by atoms with E-state index in [1.807, 2.05) is 30.9 Å². The SMILES string of the molecule is CCCCCN(c1cn[nH]c1)c1cnn2cccnc12. The molecule has 0 fully saturated rings. The van der Waals surface area contributed by atoms with E-state index in [4.69, 9.17) is 0 Å². The molecule has 0 aliphatic carbocycles. The highest BCUT2D eigenvalue weighted by molar-refractivity contribution is 5.74. The van der Waals surface area contributed by atoms with Crippen molar-refractivity contribution in [3.8, 4) is 0 Å². The zero-order valence-corrected chi connectivity index (χ0v) is 11.5. The smallest absolute Gasteiger partial charge is 0.179 e. The van der Waals surface area contributed by atoms with E-state index >= 15 is 0 Å². The summed E-state index contributed by atoms with van der Waals surface area (Å²) in [7, 11) is 0. The minimum absolute atomic E-state index is 0.866. The van der Waals surface area contributed by atoms with Crippen LogP contribution in [0, 0.1) is 0 Å². The molecule has 3 heterocycles. The third kappa shape index (κ3) is 2.36. The number of fused-ring (bicyclic) bond motifs is 1. The van der Waals surface area contributed by atoms with Gasteiger partial charge < -0.3 is 4.90 Å². The first kappa shape index (κ1) is 12.7. The molecule has 3 aromatic heterocycles. The third-order valence-corrected chi connectivity index (χ3v) is 3.33. The van der Waals surface area contributed by atoms with E-state index in [1.165, 1.54) is 12.8 Å². The van der Waals surface area contributed by atoms with Gasteiger partial charge in [-0.1, -0.05) is 19.8 Å². The molecule has 3 rings (SSSR count). The number of rotatable bonds is 6. The quantitative estimate of drug-likeness (QED) is 0.700. The molecular weight excluding hydrogens is 252 g/mol. The molecule has 0 aliphatic heterocycles. The predicted octanol–water partition coefficient (Wildman–Crippen LogP) is 2.78. The van der Waals surface area contributed by atoms with Crippen molar-refractivity contribution in [2.24, 2.45) is 0 Å². The second-order valence-corrected chi connectivity index (χ2v) is 4.73. The average Bonchev–Trinajstić information content (AvgIpc) is 3.14. The van der Waals surface area contributed by atoms with Crippen molar-refractivity contribution in [1.82, 2.24) is 24.8 Å². The predicted molar refractivity (Wildman–Crippen MR) is 78.1 cm³/mol. The Labute approximate surface area is 117 Å². The number of hydrogen-bond acceptors (Lipinski definition) is 4. The molecule has 0 amide bonds. The van der Waals surface area contributed by atoms with Gasteiger partial charge in [-0.2, -0.15) is 10.2 Å². The lowest BCUT2D eigenvalue weighted by Gasteiger charge is -2.21. The summed E-state index contributed by atoms with van der Waals surface area (Å²) >= 11 is 0. The maximum atomic E-state index is 4.43. The van der Waals surface area contributed by atoms with Crippen LogP contribution >= 0.6 is 0 Å². The summed E-state index contributed by atoms with van der Waals surface area (Å²) in [5, 5.41) is 11.3. The topological polar surface area (TPSA) is 62.1 Å². The van der Waals surface area contributed by atoms with E-state index in [-0.39, 0.29) is 0 Å². The van der Waals surface area contributed by atoms with Crippen LogP contribution in [0.15, 0.2) is 37.1 Å². The Morgan fingerprint density at radius 2 is 2.25 bits per heavy atom. The van der Waals surface area contributed by atoms with Gasteiger partial charge in [0.15, 0.2) is 5.65 Å². The van der Waals surface area contributed by atoms with Gasteiger partial charge in [-0.25, -0.2) is 9.50 Å². The van der Waals surface area contributed by atoms with E-state index in [1.54, 1.807) is 10.7 Å². The highest BCUT2D eigenvalue weighted by Crippen LogP contribution is 2.27. The average molecular weight is 270 g/mol. The van der Waals surface area contributed by atoms with Crippen molar-refractivity contribution in [2.45, 2.75) is 26.2 Å². The molecule has 0 unspecified atom stereocenters. The summed E-state index contributed by atoms with van der Waals surface area (Å²) in [6, 6.07) is 1.88. The van der Waals surface area contributed by atoms with Crippen molar-refractivity contribution in [2.75, 3.05) is 11.4 Å². The van der Waals surface area contributed by atoms with Gasteiger partial charge in [-0.15, -0.1) is 0 Å². The van der Waals surface area contributed by atoms with Gasteiger partial charge in [0.05, 0.1) is 18.1 Å². The lowest BCUT2D eigenvalue weighted by molar-refractivity contribution is 0.717. The summed E-state index contributed by atoms with van der Waals surface area (Å²) in [5.41, 5.74) is 2.93. The number of nitrogens with one attached hydrogen (secondary N) is 1. The van der Waals surface area contributed by atoms with Crippen molar-refractivity contribution in [3.05, 3.63) is 37.1 Å². The van der Waals surface area contributed by atoms with Crippen LogP contribution in [0.25, 0.3) is 5.65 Å². The number of H-pyrrole nitrogens is 1. The molecule has 3 aromatic rings. The summed E-state index contributed by atoms with van der Waals surface area (Å²) < 4.78 is 1.79. The van der Waals surface area contributed by atoms with Gasteiger partial charge in [-0.05, 0) is 12.5 Å². The molecular formula is C14H18N6. The Morgan fingerprint density at radius 3 is 3.05 bits per heavy atom. The maximum absolute atomic E-state index is 4.43. The fourth-order valence-electron chi connectivity index (χ4n) is 2.31. The first-order valence-electron chi connectivity index (χ1n) is 6.95. The highest BCUT2D eigenvalue weighted by Gasteiger charge is 2.15. The van der Waals surface area contributed by atoms with E-state index in [9.17, 15) is 0 Å². The van der Waals surface area contributed by atoms with Gasteiger partial charge in [0, 0.05) is 25.1 Å². The molecule has 0 atom stereocenters. The second kappa shape index (κ2) is 5.73. The molecule has 0 bridgehead atoms. The first-order valence-corrected chi connectivity index (χ1v) is 6.95. The Bertz CT molecular complexity index is 657. The van der Waals surface area contributed by atoms with Gasteiger partial charge in [0.1, 0.15) is 5.69 Å². The Morgan fingerprint density at radius 1 is 1.30 bits per heavy atom. The van der Waals surface area contributed by atoms with Crippen LogP contribution in [0.1, 0.15) is 26.2 Å². The molecule has 6 nitrogen and oxygen atoms in total. The highest BCUT2D eigenvalue weighted by atomic mass is 15.3. The van der Waals surface area contributed by atoms with Crippen LogP contribution in [0.2, 0.25) is 0 Å². The molecule has 1 N–H and O–H groups in total. The maximum Gasteiger partial charge on any atom is 0.179 e. The molecule has 0 radical (unpaired) electrons. The Hall–Kier alpha value is -2.37. The molecule has 0 saturated carbocycles. The Kier molecular flexibility index (Phi) is 3.62. The number of unbranched alkanes of at least 4 members (excludes halogenated alkanes) is 2. The minimum atomic E-state index is 0.866. The van der Waals surface area contributed by atoms with Crippen molar-refractivity contribution in [1.29, 1.82) is 0 Å². The van der Waals surface area contributed by atoms with E-state index in [0.717, 1.165) is 30.0 Å². The summed E-state index contributed by atoms with van der Waals surface area (Å²) in [6.07, 6.45) is 12.8. The summed E-state index contributed by atoms with van der Waals surface area (Å²) in [4.78, 5) is 6.65. The number of aromatic amines is 1. The Balaban J connectivity index is 1.96. The molecule has 20 heavy (non-hydrogen) atoms. The fourth-order valence-corrected chi connectivity index (χ4v) is 2.31. The molecule has 6 heteroatoms. The zero-order valence-electron chi connectivity index (χ0n) is 11.5. The van der Waals surface area contributed by atoms with Crippen molar-refractivity contribution in [3.63, 3.8) is 0 Å². The first-order chi connectivity index (χ1) is 9.90. The standard InChI is InChI=1S/C14H18N6/c1-2-3-4-7-19(12-9-16-17-10-12)13-11-18-20-8-5-6-15-14(13)20/h5-6,8-11H,2-4,7H2,1H3,(H,16,17). The normalized spacial score (nSPS) is 11.1. The van der Waals surface area contributed by atoms with Crippen LogP contribution in [-0.4, -0.2) is 31.3 Å². The molecule has 0 saturated heterocycles. The van der Waals surface area contributed by atoms with Crippen LogP contribution in [-0.2, 0) is 0 Å². The zero-order chi connectivity index (χ0) is 13.8. The van der Waals surface area contributed by atoms with Gasteiger partial charge in [0.2, 0.25) is 0 Å². The molecule has 0 spiro atoms. The summed E-state index contributed by atoms with van der Waals surface area (Å²) in [6.45, 7) is 3.14. The van der Waals surface area contributed by atoms with E-state index in [2.05, 4.69) is 32.1 Å². The number of anilines is 2. The summed E-state index contributed by atoms with van der Waals surface area (Å²) in [5.74, 6) is 0. The number of nitrogens with zero attached hydrogens (tertiary/aromatic N) is 5.